The number of nitrogens with zero attached hydrogens (tertiary/aromatic N) is 3. The fourth-order valence-corrected chi connectivity index (χ4v) is 3.64. The summed E-state index contributed by atoms with van der Waals surface area (Å²) in [5.41, 5.74) is 2.82. The molecule has 25 heavy (non-hydrogen) atoms. The highest BCUT2D eigenvalue weighted by Crippen LogP contribution is 2.29. The van der Waals surface area contributed by atoms with Gasteiger partial charge in [-0.1, -0.05) is 0 Å². The van der Waals surface area contributed by atoms with Gasteiger partial charge in [-0.2, -0.15) is 0 Å². The number of methoxy groups -OCH3 is 1. The summed E-state index contributed by atoms with van der Waals surface area (Å²) in [4.78, 5) is 11.4. The van der Waals surface area contributed by atoms with E-state index >= 15 is 0 Å². The number of ether oxygens (including phenoxy) is 1. The molecule has 0 unspecified atom stereocenters. The SMILES string of the molecule is CO[C@H]1CC[C@H](N2C=C(c3cnc(C(C)(C)O)cc3C)N=CC2)CC1. The molecule has 5 heteroatoms. The second-order valence-corrected chi connectivity index (χ2v) is 7.63. The Morgan fingerprint density at radius 2 is 1.96 bits per heavy atom. The number of aliphatic hydroxyl groups is 1. The van der Waals surface area contributed by atoms with Crippen LogP contribution in [-0.2, 0) is 10.3 Å². The zero-order valence-electron chi connectivity index (χ0n) is 15.7. The molecule has 0 radical (unpaired) electrons. The van der Waals surface area contributed by atoms with Gasteiger partial charge in [0.15, 0.2) is 0 Å². The molecule has 1 N–H and O–H groups in total. The van der Waals surface area contributed by atoms with Gasteiger partial charge >= 0.3 is 0 Å². The van der Waals surface area contributed by atoms with Gasteiger partial charge < -0.3 is 14.7 Å². The Hall–Kier alpha value is -1.72. The van der Waals surface area contributed by atoms with Crippen molar-refractivity contribution in [3.05, 3.63) is 35.3 Å². The van der Waals surface area contributed by atoms with Crippen LogP contribution in [0.25, 0.3) is 5.70 Å². The fourth-order valence-electron chi connectivity index (χ4n) is 3.64. The monoisotopic (exact) mass is 343 g/mol. The number of hydrogen-bond acceptors (Lipinski definition) is 5. The van der Waals surface area contributed by atoms with Crippen molar-refractivity contribution in [3.63, 3.8) is 0 Å². The molecule has 1 fully saturated rings. The van der Waals surface area contributed by atoms with E-state index in [1.807, 2.05) is 32.5 Å². The minimum absolute atomic E-state index is 0.416. The minimum Gasteiger partial charge on any atom is -0.384 e. The molecule has 1 aromatic heterocycles. The van der Waals surface area contributed by atoms with Crippen LogP contribution < -0.4 is 0 Å². The second-order valence-electron chi connectivity index (χ2n) is 7.63. The molecule has 0 spiro atoms. The lowest BCUT2D eigenvalue weighted by molar-refractivity contribution is 0.0501. The van der Waals surface area contributed by atoms with Crippen LogP contribution in [0, 0.1) is 6.92 Å². The maximum atomic E-state index is 10.1. The van der Waals surface area contributed by atoms with Crippen LogP contribution in [0.1, 0.15) is 56.4 Å². The van der Waals surface area contributed by atoms with Crippen LogP contribution in [0.5, 0.6) is 0 Å². The van der Waals surface area contributed by atoms with Crippen LogP contribution in [0.3, 0.4) is 0 Å². The van der Waals surface area contributed by atoms with Crippen molar-refractivity contribution in [2.75, 3.05) is 13.7 Å². The lowest BCUT2D eigenvalue weighted by Gasteiger charge is -2.36. The van der Waals surface area contributed by atoms with E-state index in [-0.39, 0.29) is 0 Å². The van der Waals surface area contributed by atoms with Crippen LogP contribution in [-0.4, -0.2) is 47.0 Å². The van der Waals surface area contributed by atoms with Crippen molar-refractivity contribution in [1.29, 1.82) is 0 Å². The first-order chi connectivity index (χ1) is 11.9. The van der Waals surface area contributed by atoms with E-state index < -0.39 is 5.60 Å². The van der Waals surface area contributed by atoms with E-state index in [2.05, 4.69) is 21.1 Å². The molecule has 1 aliphatic carbocycles. The van der Waals surface area contributed by atoms with Gasteiger partial charge in [-0.05, 0) is 58.1 Å². The lowest BCUT2D eigenvalue weighted by atomic mass is 9.91. The van der Waals surface area contributed by atoms with Crippen molar-refractivity contribution in [2.45, 2.75) is 64.2 Å². The van der Waals surface area contributed by atoms with Crippen LogP contribution in [0.15, 0.2) is 23.5 Å². The van der Waals surface area contributed by atoms with Crippen LogP contribution >= 0.6 is 0 Å². The van der Waals surface area contributed by atoms with E-state index in [0.29, 0.717) is 17.8 Å². The Kier molecular flexibility index (Phi) is 5.25. The van der Waals surface area contributed by atoms with Gasteiger partial charge in [-0.15, -0.1) is 0 Å². The Bertz CT molecular complexity index is 668. The number of aryl methyl sites for hydroxylation is 1. The number of rotatable bonds is 4. The molecule has 1 aromatic rings. The summed E-state index contributed by atoms with van der Waals surface area (Å²) in [7, 11) is 1.81. The molecule has 1 aliphatic heterocycles. The van der Waals surface area contributed by atoms with E-state index in [9.17, 15) is 5.11 Å². The third-order valence-corrected chi connectivity index (χ3v) is 5.27. The third-order valence-electron chi connectivity index (χ3n) is 5.27. The Morgan fingerprint density at radius 3 is 2.56 bits per heavy atom. The first-order valence-electron chi connectivity index (χ1n) is 9.11. The maximum Gasteiger partial charge on any atom is 0.101 e. The zero-order chi connectivity index (χ0) is 18.0. The predicted octanol–water partition coefficient (Wildman–Crippen LogP) is 3.26. The van der Waals surface area contributed by atoms with Crippen molar-refractivity contribution < 1.29 is 9.84 Å². The molecule has 0 amide bonds. The second kappa shape index (κ2) is 7.26. The molecule has 0 saturated heterocycles. The molecule has 136 valence electrons. The normalized spacial score (nSPS) is 24.4. The summed E-state index contributed by atoms with van der Waals surface area (Å²) in [5.74, 6) is 0. The lowest BCUT2D eigenvalue weighted by Crippen LogP contribution is -2.38. The molecule has 0 aromatic carbocycles. The third kappa shape index (κ3) is 4.10. The smallest absolute Gasteiger partial charge is 0.101 e. The first-order valence-corrected chi connectivity index (χ1v) is 9.11. The van der Waals surface area contributed by atoms with Gasteiger partial charge in [-0.25, -0.2) is 0 Å². The van der Waals surface area contributed by atoms with Gasteiger partial charge in [0.05, 0.1) is 24.0 Å². The topological polar surface area (TPSA) is 58.0 Å². The standard InChI is InChI=1S/C20H29N3O2/c1-14-11-19(20(2,3)24)22-12-17(14)18-13-23(10-9-21-18)15-5-7-16(25-4)8-6-15/h9,11-13,15-16,24H,5-8,10H2,1-4H3/t15-,16-. The predicted molar refractivity (Wildman–Crippen MR) is 100 cm³/mol. The Labute approximate surface area is 150 Å². The molecular formula is C20H29N3O2. The molecule has 5 nitrogen and oxygen atoms in total. The van der Waals surface area contributed by atoms with Gasteiger partial charge in [0.2, 0.25) is 0 Å². The van der Waals surface area contributed by atoms with E-state index in [0.717, 1.165) is 49.1 Å². The number of hydrogen-bond donors (Lipinski definition) is 1. The van der Waals surface area contributed by atoms with E-state index in [1.54, 1.807) is 13.8 Å². The first kappa shape index (κ1) is 18.1. The maximum absolute atomic E-state index is 10.1. The quantitative estimate of drug-likeness (QED) is 0.912. The summed E-state index contributed by atoms with van der Waals surface area (Å²) >= 11 is 0. The molecule has 3 rings (SSSR count). The molecule has 1 saturated carbocycles. The van der Waals surface area contributed by atoms with Crippen LogP contribution in [0.4, 0.5) is 0 Å². The van der Waals surface area contributed by atoms with Crippen molar-refractivity contribution >= 4 is 11.9 Å². The van der Waals surface area contributed by atoms with Crippen molar-refractivity contribution in [1.82, 2.24) is 9.88 Å². The van der Waals surface area contributed by atoms with Gasteiger partial charge in [0.25, 0.3) is 0 Å². The number of aliphatic imine (C=N–C) groups is 1. The van der Waals surface area contributed by atoms with Crippen molar-refractivity contribution in [2.24, 2.45) is 4.99 Å². The van der Waals surface area contributed by atoms with Crippen molar-refractivity contribution in [3.8, 4) is 0 Å². The largest absolute Gasteiger partial charge is 0.384 e. The Balaban J connectivity index is 1.78. The van der Waals surface area contributed by atoms with Gasteiger partial charge in [0, 0.05) is 37.3 Å². The molecule has 2 heterocycles. The minimum atomic E-state index is -0.931. The van der Waals surface area contributed by atoms with Crippen LogP contribution in [0.2, 0.25) is 0 Å². The van der Waals surface area contributed by atoms with Gasteiger partial charge in [0.1, 0.15) is 5.60 Å². The highest BCUT2D eigenvalue weighted by atomic mass is 16.5. The van der Waals surface area contributed by atoms with E-state index in [1.165, 1.54) is 0 Å². The summed E-state index contributed by atoms with van der Waals surface area (Å²) in [6.45, 7) is 6.42. The summed E-state index contributed by atoms with van der Waals surface area (Å²) in [6.07, 6.45) is 11.0. The highest BCUT2D eigenvalue weighted by Gasteiger charge is 2.26. The summed E-state index contributed by atoms with van der Waals surface area (Å²) < 4.78 is 5.48. The Morgan fingerprint density at radius 1 is 1.24 bits per heavy atom. The highest BCUT2D eigenvalue weighted by molar-refractivity contribution is 5.78. The number of pyridine rings is 1. The average Bonchev–Trinajstić information content (AvgIpc) is 2.61. The zero-order valence-corrected chi connectivity index (χ0v) is 15.7. The molecule has 2 aliphatic rings. The molecule has 0 atom stereocenters. The average molecular weight is 343 g/mol. The number of aromatic nitrogens is 1. The summed E-state index contributed by atoms with van der Waals surface area (Å²) in [5, 5.41) is 10.1. The molecular weight excluding hydrogens is 314 g/mol. The van der Waals surface area contributed by atoms with E-state index in [4.69, 9.17) is 4.74 Å². The van der Waals surface area contributed by atoms with Gasteiger partial charge in [-0.3, -0.25) is 9.98 Å². The molecule has 0 bridgehead atoms. The fraction of sp³-hybridized carbons (Fsp3) is 0.600. The summed E-state index contributed by atoms with van der Waals surface area (Å²) in [6, 6.07) is 2.51.